The quantitative estimate of drug-likeness (QED) is 0.0545. The first-order chi connectivity index (χ1) is 27.3. The summed E-state index contributed by atoms with van der Waals surface area (Å²) in [7, 11) is 0. The Hall–Kier alpha value is -7.26. The minimum absolute atomic E-state index is 0.0283. The number of ether oxygens (including phenoxy) is 8. The van der Waals surface area contributed by atoms with E-state index in [9.17, 15) is 24.4 Å². The predicted octanol–water partition coefficient (Wildman–Crippen LogP) is 5.14. The second-order valence-electron chi connectivity index (χ2n) is 12.1. The number of nitrogens with zero attached hydrogens (tertiary/aromatic N) is 2. The van der Waals surface area contributed by atoms with Crippen molar-refractivity contribution in [3.63, 3.8) is 0 Å². The Kier molecular flexibility index (Phi) is 12.8. The fraction of sp³-hybridized carbons (Fsp3) is 0.190. The van der Waals surface area contributed by atoms with Crippen LogP contribution in [0.15, 0.2) is 120 Å². The normalized spacial score (nSPS) is 18.7. The summed E-state index contributed by atoms with van der Waals surface area (Å²) in [4.78, 5) is 53.3. The smallest absolute Gasteiger partial charge is 0.354 e. The van der Waals surface area contributed by atoms with Crippen LogP contribution in [0.2, 0.25) is 0 Å². The highest BCUT2D eigenvalue weighted by atomic mass is 16.7. The van der Waals surface area contributed by atoms with Crippen molar-refractivity contribution in [1.82, 2.24) is 0 Å². The lowest BCUT2D eigenvalue weighted by atomic mass is 10.1. The molecule has 0 amide bonds. The molecule has 0 spiro atoms. The van der Waals surface area contributed by atoms with Gasteiger partial charge in [0.25, 0.3) is 5.70 Å². The van der Waals surface area contributed by atoms with Crippen molar-refractivity contribution in [3.05, 3.63) is 143 Å². The van der Waals surface area contributed by atoms with Gasteiger partial charge >= 0.3 is 23.9 Å². The van der Waals surface area contributed by atoms with E-state index in [-0.39, 0.29) is 24.5 Å². The fourth-order valence-electron chi connectivity index (χ4n) is 5.54. The Balaban J connectivity index is 0.910. The molecule has 4 aromatic rings. The molecule has 4 aromatic carbocycles. The molecule has 0 saturated carbocycles. The number of hydrogen-bond acceptors (Lipinski definition) is 13. The molecular weight excluding hydrogens is 724 g/mol. The SMILES string of the molecule is [C-]#[N+]/C(=C\c1ccc(OCC(=O)O[C@@H]2CO[C@H]3[C@@H]2OC[C@H]3OC(=O)COc2ccc(/C=C(\C#N)C(=O)Oc3ccccc3)cc2)cc1)C(=O)Oc1ccccc1. The third-order valence-corrected chi connectivity index (χ3v) is 8.19. The molecule has 0 unspecified atom stereocenters. The van der Waals surface area contributed by atoms with Crippen molar-refractivity contribution in [2.24, 2.45) is 0 Å². The van der Waals surface area contributed by atoms with Gasteiger partial charge in [0.15, 0.2) is 25.4 Å². The van der Waals surface area contributed by atoms with Gasteiger partial charge in [-0.1, -0.05) is 60.7 Å². The van der Waals surface area contributed by atoms with Gasteiger partial charge < -0.3 is 37.9 Å². The molecule has 2 aliphatic heterocycles. The van der Waals surface area contributed by atoms with Crippen LogP contribution in [0, 0.1) is 17.9 Å². The van der Waals surface area contributed by atoms with Gasteiger partial charge in [0.2, 0.25) is 0 Å². The van der Waals surface area contributed by atoms with Crippen molar-refractivity contribution in [2.45, 2.75) is 24.4 Å². The minimum atomic E-state index is -0.793. The topological polar surface area (TPSA) is 170 Å². The summed E-state index contributed by atoms with van der Waals surface area (Å²) in [6, 6.07) is 31.4. The zero-order chi connectivity index (χ0) is 39.3. The maximum absolute atomic E-state index is 12.6. The number of para-hydroxylation sites is 2. The standard InChI is InChI=1S/C42H32N2O12/c1-44-34(42(48)54-33-10-6-3-7-11-33)21-28-14-18-31(19-15-28)50-26-38(46)56-36-24-52-39-35(23-51-40(36)39)55-37(45)25-49-30-16-12-27(13-17-30)20-29(22-43)41(47)53-32-8-4-2-5-9-32/h2-21,35-36,39-40H,23-26H2/b29-20+,34-21-/t35-,36-,39-,40-/m1/s1. The van der Waals surface area contributed by atoms with Crippen LogP contribution in [-0.4, -0.2) is 74.7 Å². The van der Waals surface area contributed by atoms with E-state index in [4.69, 9.17) is 44.5 Å². The molecule has 0 aliphatic carbocycles. The minimum Gasteiger partial charge on any atom is -0.482 e. The van der Waals surface area contributed by atoms with Gasteiger partial charge in [-0.05, 0) is 71.8 Å². The highest BCUT2D eigenvalue weighted by Gasteiger charge is 2.51. The van der Waals surface area contributed by atoms with E-state index >= 15 is 0 Å². The average molecular weight is 757 g/mol. The average Bonchev–Trinajstić information content (AvgIpc) is 3.81. The molecule has 4 atom stereocenters. The van der Waals surface area contributed by atoms with E-state index in [1.807, 2.05) is 6.07 Å². The number of carbonyl (C=O) groups is 4. The largest absolute Gasteiger partial charge is 0.482 e. The summed E-state index contributed by atoms with van der Waals surface area (Å²) in [5, 5.41) is 9.44. The second kappa shape index (κ2) is 18.7. The number of rotatable bonds is 14. The molecule has 0 radical (unpaired) electrons. The first-order valence-electron chi connectivity index (χ1n) is 17.1. The van der Waals surface area contributed by atoms with Gasteiger partial charge in [-0.15, -0.1) is 0 Å². The third kappa shape index (κ3) is 10.4. The Morgan fingerprint density at radius 1 is 0.643 bits per heavy atom. The molecule has 2 saturated heterocycles. The Bertz CT molecular complexity index is 2020. The van der Waals surface area contributed by atoms with Crippen LogP contribution >= 0.6 is 0 Å². The van der Waals surface area contributed by atoms with E-state index in [2.05, 4.69) is 4.85 Å². The second-order valence-corrected chi connectivity index (χ2v) is 12.1. The summed E-state index contributed by atoms with van der Waals surface area (Å²) in [5.74, 6) is -1.59. The van der Waals surface area contributed by atoms with Gasteiger partial charge in [-0.2, -0.15) is 5.26 Å². The summed E-state index contributed by atoms with van der Waals surface area (Å²) in [6.45, 7) is 6.59. The van der Waals surface area contributed by atoms with E-state index in [0.717, 1.165) is 0 Å². The first-order valence-corrected chi connectivity index (χ1v) is 17.1. The zero-order valence-corrected chi connectivity index (χ0v) is 29.5. The number of hydrogen-bond donors (Lipinski definition) is 0. The highest BCUT2D eigenvalue weighted by molar-refractivity contribution is 5.99. The van der Waals surface area contributed by atoms with Gasteiger partial charge in [0.1, 0.15) is 46.8 Å². The molecule has 6 rings (SSSR count). The Morgan fingerprint density at radius 3 is 1.54 bits per heavy atom. The van der Waals surface area contributed by atoms with Crippen molar-refractivity contribution in [3.8, 4) is 29.1 Å². The summed E-state index contributed by atoms with van der Waals surface area (Å²) in [6.07, 6.45) is -0.0500. The van der Waals surface area contributed by atoms with Crippen LogP contribution in [0.4, 0.5) is 0 Å². The first kappa shape index (κ1) is 38.5. The third-order valence-electron chi connectivity index (χ3n) is 8.19. The van der Waals surface area contributed by atoms with Crippen molar-refractivity contribution in [2.75, 3.05) is 26.4 Å². The monoisotopic (exact) mass is 756 g/mol. The van der Waals surface area contributed by atoms with E-state index < -0.39 is 61.5 Å². The van der Waals surface area contributed by atoms with E-state index in [0.29, 0.717) is 34.1 Å². The number of esters is 4. The van der Waals surface area contributed by atoms with Gasteiger partial charge in [0, 0.05) is 0 Å². The molecule has 2 aliphatic rings. The van der Waals surface area contributed by atoms with Crippen LogP contribution in [0.3, 0.4) is 0 Å². The van der Waals surface area contributed by atoms with E-state index in [1.54, 1.807) is 109 Å². The molecule has 14 heteroatoms. The van der Waals surface area contributed by atoms with E-state index in [1.165, 1.54) is 12.2 Å². The lowest BCUT2D eigenvalue weighted by Gasteiger charge is -2.17. The number of carbonyl (C=O) groups excluding carboxylic acids is 4. The summed E-state index contributed by atoms with van der Waals surface area (Å²) >= 11 is 0. The van der Waals surface area contributed by atoms with Gasteiger partial charge in [-0.25, -0.2) is 19.2 Å². The molecule has 2 fully saturated rings. The van der Waals surface area contributed by atoms with Crippen molar-refractivity contribution in [1.29, 1.82) is 5.26 Å². The van der Waals surface area contributed by atoms with Crippen LogP contribution in [0.1, 0.15) is 11.1 Å². The van der Waals surface area contributed by atoms with Gasteiger partial charge in [-0.3, -0.25) is 4.79 Å². The Morgan fingerprint density at radius 2 is 1.09 bits per heavy atom. The van der Waals surface area contributed by atoms with Crippen LogP contribution in [0.5, 0.6) is 23.0 Å². The Labute approximate surface area is 320 Å². The molecule has 14 nitrogen and oxygen atoms in total. The summed E-state index contributed by atoms with van der Waals surface area (Å²) in [5.41, 5.74) is 0.678. The summed E-state index contributed by atoms with van der Waals surface area (Å²) < 4.78 is 44.1. The molecule has 0 bridgehead atoms. The van der Waals surface area contributed by atoms with Crippen molar-refractivity contribution < 1.29 is 57.1 Å². The number of fused-ring (bicyclic) bond motifs is 1. The maximum atomic E-state index is 12.6. The zero-order valence-electron chi connectivity index (χ0n) is 29.5. The van der Waals surface area contributed by atoms with Crippen LogP contribution in [0.25, 0.3) is 17.0 Å². The predicted molar refractivity (Wildman–Crippen MR) is 195 cm³/mol. The number of benzene rings is 4. The lowest BCUT2D eigenvalue weighted by molar-refractivity contribution is -0.157. The van der Waals surface area contributed by atoms with Crippen LogP contribution < -0.4 is 18.9 Å². The highest BCUT2D eigenvalue weighted by Crippen LogP contribution is 2.31. The molecule has 2 heterocycles. The maximum Gasteiger partial charge on any atom is 0.354 e. The molecule has 0 aromatic heterocycles. The molecule has 282 valence electrons. The lowest BCUT2D eigenvalue weighted by Crippen LogP contribution is -2.37. The number of nitriles is 1. The van der Waals surface area contributed by atoms with Gasteiger partial charge in [0.05, 0.1) is 19.8 Å². The van der Waals surface area contributed by atoms with Crippen molar-refractivity contribution >= 4 is 36.0 Å². The molecular formula is C42H32N2O12. The fourth-order valence-corrected chi connectivity index (χ4v) is 5.54. The molecule has 0 N–H and O–H groups in total. The molecule has 56 heavy (non-hydrogen) atoms. The van der Waals surface area contributed by atoms with Crippen LogP contribution in [-0.2, 0) is 38.1 Å².